The summed E-state index contributed by atoms with van der Waals surface area (Å²) in [5, 5.41) is 2.91. The lowest BCUT2D eigenvalue weighted by atomic mass is 10.2. The van der Waals surface area contributed by atoms with E-state index in [-0.39, 0.29) is 5.91 Å². The summed E-state index contributed by atoms with van der Waals surface area (Å²) >= 11 is 0. The van der Waals surface area contributed by atoms with Crippen LogP contribution in [0.3, 0.4) is 0 Å². The molecule has 6 heteroatoms. The van der Waals surface area contributed by atoms with Crippen LogP contribution in [0.1, 0.15) is 36.7 Å². The Morgan fingerprint density at radius 1 is 1.25 bits per heavy atom. The normalized spacial score (nSPS) is 16.4. The maximum absolute atomic E-state index is 12.4. The van der Waals surface area contributed by atoms with Gasteiger partial charge >= 0.3 is 0 Å². The third-order valence-electron chi connectivity index (χ3n) is 5.12. The predicted molar refractivity (Wildman–Crippen MR) is 113 cm³/mol. The molecule has 0 saturated carbocycles. The summed E-state index contributed by atoms with van der Waals surface area (Å²) in [6.07, 6.45) is 4.86. The zero-order valence-corrected chi connectivity index (χ0v) is 17.0. The molecule has 1 amide bonds. The topological polar surface area (TPSA) is 57.7 Å². The van der Waals surface area contributed by atoms with Gasteiger partial charge in [0.2, 0.25) is 0 Å². The Bertz CT molecular complexity index is 759. The number of nitrogens with one attached hydrogen (secondary N) is 1. The number of carbonyl (C=O) groups is 1. The number of likely N-dealkylation sites (N-methyl/N-ethyl adjacent to an activating group) is 1. The fourth-order valence-electron chi connectivity index (χ4n) is 3.28. The molecule has 0 aliphatic carbocycles. The standard InChI is InChI=1S/C22H30N4O2/c1-4-5-14-28-20-10-11-21(23-15-20)22(27)24-17-6-8-18(9-7-17)26-13-12-19(16-26)25(2)3/h6-11,15,19H,4-5,12-14,16H2,1-3H3,(H,24,27). The van der Waals surface area contributed by atoms with Gasteiger partial charge in [-0.05, 0) is 63.3 Å². The Hall–Kier alpha value is -2.60. The van der Waals surface area contributed by atoms with E-state index in [1.165, 1.54) is 12.1 Å². The van der Waals surface area contributed by atoms with Crippen LogP contribution < -0.4 is 15.0 Å². The van der Waals surface area contributed by atoms with Crippen LogP contribution in [0, 0.1) is 0 Å². The predicted octanol–water partition coefficient (Wildman–Crippen LogP) is 3.65. The van der Waals surface area contributed by atoms with Crippen molar-refractivity contribution in [2.75, 3.05) is 44.0 Å². The van der Waals surface area contributed by atoms with Gasteiger partial charge in [0.1, 0.15) is 11.4 Å². The number of unbranched alkanes of at least 4 members (excludes halogenated alkanes) is 1. The highest BCUT2D eigenvalue weighted by Gasteiger charge is 2.23. The highest BCUT2D eigenvalue weighted by Crippen LogP contribution is 2.24. The number of benzene rings is 1. The highest BCUT2D eigenvalue weighted by molar-refractivity contribution is 6.02. The molecule has 0 radical (unpaired) electrons. The van der Waals surface area contributed by atoms with Gasteiger partial charge < -0.3 is 19.9 Å². The van der Waals surface area contributed by atoms with E-state index < -0.39 is 0 Å². The largest absolute Gasteiger partial charge is 0.492 e. The molecule has 28 heavy (non-hydrogen) atoms. The van der Waals surface area contributed by atoms with Gasteiger partial charge in [0.15, 0.2) is 0 Å². The summed E-state index contributed by atoms with van der Waals surface area (Å²) in [5.41, 5.74) is 2.33. The van der Waals surface area contributed by atoms with E-state index in [1.807, 2.05) is 12.1 Å². The summed E-state index contributed by atoms with van der Waals surface area (Å²) in [5.74, 6) is 0.470. The Labute approximate surface area is 167 Å². The van der Waals surface area contributed by atoms with E-state index in [4.69, 9.17) is 4.74 Å². The fourth-order valence-corrected chi connectivity index (χ4v) is 3.28. The van der Waals surface area contributed by atoms with E-state index in [1.54, 1.807) is 18.3 Å². The summed E-state index contributed by atoms with van der Waals surface area (Å²) in [4.78, 5) is 21.3. The van der Waals surface area contributed by atoms with Crippen molar-refractivity contribution in [2.24, 2.45) is 0 Å². The number of hydrogen-bond acceptors (Lipinski definition) is 5. The molecule has 1 N–H and O–H groups in total. The van der Waals surface area contributed by atoms with Gasteiger partial charge in [-0.3, -0.25) is 4.79 Å². The Morgan fingerprint density at radius 2 is 2.04 bits per heavy atom. The summed E-state index contributed by atoms with van der Waals surface area (Å²) in [6, 6.07) is 12.1. The van der Waals surface area contributed by atoms with E-state index in [0.29, 0.717) is 24.1 Å². The van der Waals surface area contributed by atoms with Crippen molar-refractivity contribution < 1.29 is 9.53 Å². The van der Waals surface area contributed by atoms with Crippen molar-refractivity contribution in [3.63, 3.8) is 0 Å². The molecule has 2 heterocycles. The number of anilines is 2. The van der Waals surface area contributed by atoms with E-state index in [0.717, 1.165) is 31.6 Å². The summed E-state index contributed by atoms with van der Waals surface area (Å²) in [6.45, 7) is 4.88. The molecule has 1 atom stereocenters. The number of hydrogen-bond donors (Lipinski definition) is 1. The van der Waals surface area contributed by atoms with Crippen molar-refractivity contribution in [3.05, 3.63) is 48.3 Å². The monoisotopic (exact) mass is 382 g/mol. The van der Waals surface area contributed by atoms with E-state index in [2.05, 4.69) is 53.3 Å². The molecule has 1 saturated heterocycles. The molecule has 1 aromatic heterocycles. The second kappa shape index (κ2) is 9.55. The molecule has 0 spiro atoms. The Morgan fingerprint density at radius 3 is 2.64 bits per heavy atom. The third-order valence-corrected chi connectivity index (χ3v) is 5.12. The van der Waals surface area contributed by atoms with Gasteiger partial charge in [0.05, 0.1) is 12.8 Å². The number of nitrogens with zero attached hydrogens (tertiary/aromatic N) is 3. The average Bonchev–Trinajstić information content (AvgIpc) is 3.20. The van der Waals surface area contributed by atoms with E-state index >= 15 is 0 Å². The van der Waals surface area contributed by atoms with Crippen molar-refractivity contribution >= 4 is 17.3 Å². The van der Waals surface area contributed by atoms with Crippen molar-refractivity contribution in [2.45, 2.75) is 32.2 Å². The first-order valence-corrected chi connectivity index (χ1v) is 9.98. The minimum absolute atomic E-state index is 0.221. The second-order valence-corrected chi connectivity index (χ2v) is 7.43. The number of ether oxygens (including phenoxy) is 1. The molecule has 0 bridgehead atoms. The maximum atomic E-state index is 12.4. The number of carbonyl (C=O) groups excluding carboxylic acids is 1. The first-order chi connectivity index (χ1) is 13.6. The van der Waals surface area contributed by atoms with Gasteiger partial charge in [-0.15, -0.1) is 0 Å². The minimum atomic E-state index is -0.221. The van der Waals surface area contributed by atoms with Crippen LogP contribution >= 0.6 is 0 Å². The molecule has 3 rings (SSSR count). The van der Waals surface area contributed by atoms with Crippen molar-refractivity contribution in [1.29, 1.82) is 0 Å². The first kappa shape index (κ1) is 20.1. The Kier molecular flexibility index (Phi) is 6.87. The lowest BCUT2D eigenvalue weighted by Crippen LogP contribution is -2.31. The lowest BCUT2D eigenvalue weighted by molar-refractivity contribution is 0.102. The summed E-state index contributed by atoms with van der Waals surface area (Å²) < 4.78 is 5.58. The van der Waals surface area contributed by atoms with Crippen LogP contribution in [0.15, 0.2) is 42.6 Å². The number of amides is 1. The molecular weight excluding hydrogens is 352 g/mol. The smallest absolute Gasteiger partial charge is 0.274 e. The minimum Gasteiger partial charge on any atom is -0.492 e. The molecule has 1 unspecified atom stereocenters. The zero-order valence-electron chi connectivity index (χ0n) is 17.0. The summed E-state index contributed by atoms with van der Waals surface area (Å²) in [7, 11) is 4.26. The van der Waals surface area contributed by atoms with Gasteiger partial charge in [-0.1, -0.05) is 13.3 Å². The highest BCUT2D eigenvalue weighted by atomic mass is 16.5. The number of pyridine rings is 1. The molecule has 6 nitrogen and oxygen atoms in total. The fraction of sp³-hybridized carbons (Fsp3) is 0.455. The van der Waals surface area contributed by atoms with Crippen LogP contribution in [0.5, 0.6) is 5.75 Å². The molecule has 1 aliphatic rings. The number of aromatic nitrogens is 1. The van der Waals surface area contributed by atoms with Crippen LogP contribution in [0.2, 0.25) is 0 Å². The third kappa shape index (κ3) is 5.23. The number of rotatable bonds is 8. The van der Waals surface area contributed by atoms with Crippen molar-refractivity contribution in [3.8, 4) is 5.75 Å². The molecule has 1 aromatic carbocycles. The van der Waals surface area contributed by atoms with Gasteiger partial charge in [0, 0.05) is 30.5 Å². The maximum Gasteiger partial charge on any atom is 0.274 e. The Balaban J connectivity index is 1.54. The van der Waals surface area contributed by atoms with Crippen LogP contribution in [-0.2, 0) is 0 Å². The molecular formula is C22H30N4O2. The SMILES string of the molecule is CCCCOc1ccc(C(=O)Nc2ccc(N3CCC(N(C)C)C3)cc2)nc1. The quantitative estimate of drug-likeness (QED) is 0.706. The van der Waals surface area contributed by atoms with Gasteiger partial charge in [-0.25, -0.2) is 4.98 Å². The van der Waals surface area contributed by atoms with Crippen LogP contribution in [-0.4, -0.2) is 55.6 Å². The van der Waals surface area contributed by atoms with E-state index in [9.17, 15) is 4.79 Å². The molecule has 1 aliphatic heterocycles. The molecule has 1 fully saturated rings. The molecule has 150 valence electrons. The average molecular weight is 383 g/mol. The van der Waals surface area contributed by atoms with Crippen LogP contribution in [0.4, 0.5) is 11.4 Å². The lowest BCUT2D eigenvalue weighted by Gasteiger charge is -2.22. The second-order valence-electron chi connectivity index (χ2n) is 7.43. The van der Waals surface area contributed by atoms with Gasteiger partial charge in [0.25, 0.3) is 5.91 Å². The first-order valence-electron chi connectivity index (χ1n) is 9.98. The van der Waals surface area contributed by atoms with Crippen LogP contribution in [0.25, 0.3) is 0 Å². The molecule has 2 aromatic rings. The van der Waals surface area contributed by atoms with Crippen molar-refractivity contribution in [1.82, 2.24) is 9.88 Å². The zero-order chi connectivity index (χ0) is 19.9. The van der Waals surface area contributed by atoms with Gasteiger partial charge in [-0.2, -0.15) is 0 Å².